The highest BCUT2D eigenvalue weighted by Crippen LogP contribution is 2.23. The Labute approximate surface area is 131 Å². The van der Waals surface area contributed by atoms with Gasteiger partial charge in [0, 0.05) is 12.1 Å². The summed E-state index contributed by atoms with van der Waals surface area (Å²) in [6, 6.07) is 4.60. The van der Waals surface area contributed by atoms with Gasteiger partial charge in [0.2, 0.25) is 5.91 Å². The Kier molecular flexibility index (Phi) is 4.98. The maximum atomic E-state index is 12.0. The summed E-state index contributed by atoms with van der Waals surface area (Å²) in [7, 11) is -3.07. The van der Waals surface area contributed by atoms with Crippen molar-refractivity contribution in [2.75, 3.05) is 11.5 Å². The molecule has 1 heterocycles. The number of alkyl halides is 3. The predicted molar refractivity (Wildman–Crippen MR) is 77.4 cm³/mol. The van der Waals surface area contributed by atoms with E-state index in [1.807, 2.05) is 0 Å². The van der Waals surface area contributed by atoms with Crippen LogP contribution in [-0.4, -0.2) is 38.2 Å². The van der Waals surface area contributed by atoms with Crippen molar-refractivity contribution in [3.8, 4) is 5.75 Å². The molecule has 0 spiro atoms. The van der Waals surface area contributed by atoms with Crippen molar-refractivity contribution in [3.63, 3.8) is 0 Å². The number of hydrogen-bond donors (Lipinski definition) is 1. The van der Waals surface area contributed by atoms with Crippen LogP contribution in [0.5, 0.6) is 5.75 Å². The molecule has 1 saturated heterocycles. The molecule has 1 aliphatic heterocycles. The number of hydrogen-bond acceptors (Lipinski definition) is 4. The molecule has 1 aromatic carbocycles. The molecule has 0 bridgehead atoms. The molecule has 126 valence electrons. The molecule has 0 saturated carbocycles. The van der Waals surface area contributed by atoms with Crippen LogP contribution in [-0.2, 0) is 14.6 Å². The average molecular weight is 349 g/mol. The van der Waals surface area contributed by atoms with Crippen molar-refractivity contribution in [3.05, 3.63) is 35.9 Å². The van der Waals surface area contributed by atoms with Gasteiger partial charge in [0.05, 0.1) is 11.5 Å². The van der Waals surface area contributed by atoms with Crippen molar-refractivity contribution < 1.29 is 31.1 Å². The topological polar surface area (TPSA) is 72.5 Å². The van der Waals surface area contributed by atoms with Crippen LogP contribution in [0.25, 0.3) is 6.08 Å². The lowest BCUT2D eigenvalue weighted by atomic mass is 10.2. The van der Waals surface area contributed by atoms with Gasteiger partial charge < -0.3 is 10.1 Å². The minimum Gasteiger partial charge on any atom is -0.406 e. The first-order valence-corrected chi connectivity index (χ1v) is 8.50. The van der Waals surface area contributed by atoms with Crippen molar-refractivity contribution in [1.82, 2.24) is 5.32 Å². The lowest BCUT2D eigenvalue weighted by Gasteiger charge is -2.09. The fourth-order valence-corrected chi connectivity index (χ4v) is 3.78. The lowest BCUT2D eigenvalue weighted by molar-refractivity contribution is -0.274. The summed E-state index contributed by atoms with van der Waals surface area (Å²) >= 11 is 0. The molecule has 1 N–H and O–H groups in total. The van der Waals surface area contributed by atoms with Crippen LogP contribution in [0.15, 0.2) is 30.3 Å². The molecule has 0 aromatic heterocycles. The third kappa shape index (κ3) is 5.93. The molecule has 1 fully saturated rings. The summed E-state index contributed by atoms with van der Waals surface area (Å²) in [4.78, 5) is 11.7. The summed E-state index contributed by atoms with van der Waals surface area (Å²) in [6.07, 6.45) is -1.76. The fourth-order valence-electron chi connectivity index (χ4n) is 2.11. The smallest absolute Gasteiger partial charge is 0.406 e. The van der Waals surface area contributed by atoms with Crippen molar-refractivity contribution in [2.24, 2.45) is 0 Å². The third-order valence-corrected chi connectivity index (χ3v) is 4.89. The van der Waals surface area contributed by atoms with Crippen LogP contribution in [0.1, 0.15) is 12.0 Å². The molecular formula is C14H14F3NO4S. The van der Waals surface area contributed by atoms with Gasteiger partial charge in [-0.1, -0.05) is 12.1 Å². The number of halogens is 3. The molecule has 1 amide bonds. The lowest BCUT2D eigenvalue weighted by Crippen LogP contribution is -2.34. The van der Waals surface area contributed by atoms with Gasteiger partial charge in [-0.15, -0.1) is 13.2 Å². The van der Waals surface area contributed by atoms with E-state index >= 15 is 0 Å². The summed E-state index contributed by atoms with van der Waals surface area (Å²) in [5, 5.41) is 2.57. The Morgan fingerprint density at radius 3 is 2.43 bits per heavy atom. The number of carbonyl (C=O) groups is 1. The fraction of sp³-hybridized carbons (Fsp3) is 0.357. The van der Waals surface area contributed by atoms with Crippen LogP contribution < -0.4 is 10.1 Å². The van der Waals surface area contributed by atoms with Crippen LogP contribution in [0.4, 0.5) is 13.2 Å². The molecule has 1 aromatic rings. The number of carbonyl (C=O) groups excluding carboxylic acids is 1. The molecule has 1 aliphatic rings. The van der Waals surface area contributed by atoms with E-state index in [0.29, 0.717) is 12.0 Å². The SMILES string of the molecule is O=C(/C=C/c1ccc(OC(F)(F)F)cc1)NC1CCS(=O)(=O)C1. The second kappa shape index (κ2) is 6.61. The second-order valence-corrected chi connectivity index (χ2v) is 7.29. The summed E-state index contributed by atoms with van der Waals surface area (Å²) < 4.78 is 62.3. The van der Waals surface area contributed by atoms with Crippen molar-refractivity contribution in [1.29, 1.82) is 0 Å². The van der Waals surface area contributed by atoms with Crippen molar-refractivity contribution in [2.45, 2.75) is 18.8 Å². The Hall–Kier alpha value is -2.03. The van der Waals surface area contributed by atoms with Crippen LogP contribution in [0.2, 0.25) is 0 Å². The number of ether oxygens (including phenoxy) is 1. The van der Waals surface area contributed by atoms with Gasteiger partial charge in [0.25, 0.3) is 0 Å². The van der Waals surface area contributed by atoms with E-state index in [1.54, 1.807) is 0 Å². The van der Waals surface area contributed by atoms with Crippen molar-refractivity contribution >= 4 is 21.8 Å². The van der Waals surface area contributed by atoms with E-state index in [4.69, 9.17) is 0 Å². The maximum absolute atomic E-state index is 12.0. The molecule has 23 heavy (non-hydrogen) atoms. The minimum atomic E-state index is -4.75. The summed E-state index contributed by atoms with van der Waals surface area (Å²) in [5.74, 6) is -0.823. The van der Waals surface area contributed by atoms with Gasteiger partial charge in [-0.05, 0) is 30.2 Å². The van der Waals surface area contributed by atoms with Gasteiger partial charge in [-0.3, -0.25) is 4.79 Å². The van der Waals surface area contributed by atoms with E-state index in [1.165, 1.54) is 24.3 Å². The number of sulfone groups is 1. The highest BCUT2D eigenvalue weighted by Gasteiger charge is 2.31. The largest absolute Gasteiger partial charge is 0.573 e. The predicted octanol–water partition coefficient (Wildman–Crippen LogP) is 1.90. The summed E-state index contributed by atoms with van der Waals surface area (Å²) in [5.41, 5.74) is 0.508. The van der Waals surface area contributed by atoms with Gasteiger partial charge in [0.1, 0.15) is 5.75 Å². The minimum absolute atomic E-state index is 0.0579. The zero-order valence-electron chi connectivity index (χ0n) is 11.8. The standard InChI is InChI=1S/C14H14F3NO4S/c15-14(16,17)22-12-4-1-10(2-5-12)3-6-13(19)18-11-7-8-23(20,21)9-11/h1-6,11H,7-9H2,(H,18,19)/b6-3+. The molecule has 0 aliphatic carbocycles. The first-order valence-electron chi connectivity index (χ1n) is 6.68. The first-order chi connectivity index (χ1) is 10.6. The number of amides is 1. The van der Waals surface area contributed by atoms with Gasteiger partial charge in [0.15, 0.2) is 9.84 Å². The number of nitrogens with one attached hydrogen (secondary N) is 1. The van der Waals surface area contributed by atoms with Crippen LogP contribution >= 0.6 is 0 Å². The maximum Gasteiger partial charge on any atom is 0.573 e. The Morgan fingerprint density at radius 1 is 1.26 bits per heavy atom. The van der Waals surface area contributed by atoms with Gasteiger partial charge in [-0.25, -0.2) is 8.42 Å². The van der Waals surface area contributed by atoms with Crippen LogP contribution in [0.3, 0.4) is 0 Å². The summed E-state index contributed by atoms with van der Waals surface area (Å²) in [6.45, 7) is 0. The highest BCUT2D eigenvalue weighted by atomic mass is 32.2. The molecular weight excluding hydrogens is 335 g/mol. The van der Waals surface area contributed by atoms with E-state index < -0.39 is 28.1 Å². The number of rotatable bonds is 4. The van der Waals surface area contributed by atoms with E-state index in [-0.39, 0.29) is 17.3 Å². The third-order valence-electron chi connectivity index (χ3n) is 3.12. The first kappa shape index (κ1) is 17.3. The van der Waals surface area contributed by atoms with E-state index in [0.717, 1.165) is 12.1 Å². The van der Waals surface area contributed by atoms with Crippen LogP contribution in [0, 0.1) is 0 Å². The zero-order chi connectivity index (χ0) is 17.1. The van der Waals surface area contributed by atoms with E-state index in [9.17, 15) is 26.4 Å². The highest BCUT2D eigenvalue weighted by molar-refractivity contribution is 7.91. The normalized spacial score (nSPS) is 20.6. The van der Waals surface area contributed by atoms with Gasteiger partial charge >= 0.3 is 6.36 Å². The monoisotopic (exact) mass is 349 g/mol. The Balaban J connectivity index is 1.88. The van der Waals surface area contributed by atoms with E-state index in [2.05, 4.69) is 10.1 Å². The molecule has 1 atom stereocenters. The van der Waals surface area contributed by atoms with Gasteiger partial charge in [-0.2, -0.15) is 0 Å². The zero-order valence-corrected chi connectivity index (χ0v) is 12.7. The quantitative estimate of drug-likeness (QED) is 0.843. The molecule has 5 nitrogen and oxygen atoms in total. The second-order valence-electron chi connectivity index (χ2n) is 5.06. The Bertz CT molecular complexity index is 696. The average Bonchev–Trinajstić information content (AvgIpc) is 2.75. The molecule has 1 unspecified atom stereocenters. The number of benzene rings is 1. The molecule has 2 rings (SSSR count). The Morgan fingerprint density at radius 2 is 1.91 bits per heavy atom. The molecule has 0 radical (unpaired) electrons. The molecule has 9 heteroatoms.